The van der Waals surface area contributed by atoms with Crippen molar-refractivity contribution in [3.63, 3.8) is 0 Å². The summed E-state index contributed by atoms with van der Waals surface area (Å²) in [5, 5.41) is 9.41. The molecule has 0 fully saturated rings. The van der Waals surface area contributed by atoms with Gasteiger partial charge in [0, 0.05) is 17.0 Å². The van der Waals surface area contributed by atoms with E-state index >= 15 is 0 Å². The number of Topliss-reactive ketones (excluding diaryl/α,β-unsaturated/α-hetero) is 1. The number of benzene rings is 1. The topological polar surface area (TPSA) is 81.7 Å². The molecule has 0 aliphatic heterocycles. The van der Waals surface area contributed by atoms with Crippen molar-refractivity contribution in [2.24, 2.45) is 0 Å². The Morgan fingerprint density at radius 2 is 1.96 bits per heavy atom. The van der Waals surface area contributed by atoms with Gasteiger partial charge in [0.15, 0.2) is 6.61 Å². The molecule has 3 rings (SSSR count). The summed E-state index contributed by atoms with van der Waals surface area (Å²) in [7, 11) is 0. The van der Waals surface area contributed by atoms with E-state index in [-0.39, 0.29) is 23.7 Å². The minimum Gasteiger partial charge on any atom is -0.508 e. The third-order valence-corrected chi connectivity index (χ3v) is 4.18. The monoisotopic (exact) mass is 353 g/mol. The van der Waals surface area contributed by atoms with Crippen molar-refractivity contribution in [2.45, 2.75) is 20.4 Å². The lowest BCUT2D eigenvalue weighted by Gasteiger charge is -2.08. The van der Waals surface area contributed by atoms with Crippen molar-refractivity contribution < 1.29 is 23.8 Å². The van der Waals surface area contributed by atoms with Crippen molar-refractivity contribution in [2.75, 3.05) is 6.61 Å². The highest BCUT2D eigenvalue weighted by Crippen LogP contribution is 2.18. The summed E-state index contributed by atoms with van der Waals surface area (Å²) in [6.07, 6.45) is 1.61. The van der Waals surface area contributed by atoms with Gasteiger partial charge >= 0.3 is 5.97 Å². The Balaban J connectivity index is 1.69. The van der Waals surface area contributed by atoms with E-state index in [2.05, 4.69) is 0 Å². The van der Waals surface area contributed by atoms with Crippen LogP contribution in [0.15, 0.2) is 53.1 Å². The highest BCUT2D eigenvalue weighted by molar-refractivity contribution is 6.00. The summed E-state index contributed by atoms with van der Waals surface area (Å²) in [4.78, 5) is 24.5. The minimum atomic E-state index is -0.654. The van der Waals surface area contributed by atoms with Gasteiger partial charge < -0.3 is 18.8 Å². The molecule has 0 aliphatic rings. The van der Waals surface area contributed by atoms with E-state index < -0.39 is 5.97 Å². The molecule has 3 aromatic rings. The van der Waals surface area contributed by atoms with E-state index in [1.807, 2.05) is 30.5 Å². The zero-order valence-electron chi connectivity index (χ0n) is 14.6. The van der Waals surface area contributed by atoms with Crippen LogP contribution < -0.4 is 0 Å². The van der Waals surface area contributed by atoms with Gasteiger partial charge in [0.25, 0.3) is 0 Å². The Labute approximate surface area is 150 Å². The Bertz CT molecular complexity index is 937. The van der Waals surface area contributed by atoms with Crippen LogP contribution >= 0.6 is 0 Å². The second kappa shape index (κ2) is 7.31. The molecule has 1 N–H and O–H groups in total. The number of esters is 1. The van der Waals surface area contributed by atoms with Gasteiger partial charge in [0.1, 0.15) is 11.5 Å². The SMILES string of the molecule is Cc1cc(C(=O)COC(=O)c2cccc(O)c2)c(C)n1Cc1ccco1. The first-order valence-electron chi connectivity index (χ1n) is 8.14. The molecule has 0 atom stereocenters. The Kier molecular flexibility index (Phi) is 4.93. The number of nitrogens with zero attached hydrogens (tertiary/aromatic N) is 1. The van der Waals surface area contributed by atoms with E-state index in [1.54, 1.807) is 12.3 Å². The predicted octanol–water partition coefficient (Wildman–Crippen LogP) is 3.49. The van der Waals surface area contributed by atoms with Gasteiger partial charge in [-0.05, 0) is 50.2 Å². The molecule has 0 aliphatic carbocycles. The molecule has 0 unspecified atom stereocenters. The summed E-state index contributed by atoms with van der Waals surface area (Å²) in [6, 6.07) is 11.3. The van der Waals surface area contributed by atoms with E-state index in [1.165, 1.54) is 24.3 Å². The summed E-state index contributed by atoms with van der Waals surface area (Å²) < 4.78 is 12.4. The maximum atomic E-state index is 12.5. The lowest BCUT2D eigenvalue weighted by Crippen LogP contribution is -2.15. The van der Waals surface area contributed by atoms with Crippen LogP contribution in [0.3, 0.4) is 0 Å². The van der Waals surface area contributed by atoms with Crippen LogP contribution in [0, 0.1) is 13.8 Å². The molecule has 0 radical (unpaired) electrons. The highest BCUT2D eigenvalue weighted by atomic mass is 16.5. The highest BCUT2D eigenvalue weighted by Gasteiger charge is 2.18. The van der Waals surface area contributed by atoms with Crippen LogP contribution in [-0.4, -0.2) is 28.0 Å². The Morgan fingerprint density at radius 1 is 1.15 bits per heavy atom. The molecular formula is C20H19NO5. The number of carbonyl (C=O) groups is 2. The van der Waals surface area contributed by atoms with Crippen molar-refractivity contribution in [1.29, 1.82) is 0 Å². The van der Waals surface area contributed by atoms with Crippen LogP contribution in [0.25, 0.3) is 0 Å². The number of hydrogen-bond donors (Lipinski definition) is 1. The maximum Gasteiger partial charge on any atom is 0.338 e. The quantitative estimate of drug-likeness (QED) is 0.542. The fourth-order valence-electron chi connectivity index (χ4n) is 2.81. The molecule has 6 nitrogen and oxygen atoms in total. The zero-order valence-corrected chi connectivity index (χ0v) is 14.6. The van der Waals surface area contributed by atoms with Gasteiger partial charge in [0.2, 0.25) is 5.78 Å². The van der Waals surface area contributed by atoms with Gasteiger partial charge in [-0.2, -0.15) is 0 Å². The number of furan rings is 1. The Morgan fingerprint density at radius 3 is 2.65 bits per heavy atom. The van der Waals surface area contributed by atoms with Gasteiger partial charge in [0.05, 0.1) is 18.4 Å². The van der Waals surface area contributed by atoms with E-state index in [9.17, 15) is 14.7 Å². The van der Waals surface area contributed by atoms with Crippen LogP contribution in [0.2, 0.25) is 0 Å². The van der Waals surface area contributed by atoms with Crippen LogP contribution in [-0.2, 0) is 11.3 Å². The molecule has 0 bridgehead atoms. The van der Waals surface area contributed by atoms with Crippen LogP contribution in [0.5, 0.6) is 5.75 Å². The molecule has 134 valence electrons. The number of aromatic hydroxyl groups is 1. The lowest BCUT2D eigenvalue weighted by molar-refractivity contribution is 0.0474. The summed E-state index contributed by atoms with van der Waals surface area (Å²) in [6.45, 7) is 3.92. The number of carbonyl (C=O) groups excluding carboxylic acids is 2. The van der Waals surface area contributed by atoms with Gasteiger partial charge in [-0.25, -0.2) is 4.79 Å². The average molecular weight is 353 g/mol. The molecule has 0 spiro atoms. The summed E-state index contributed by atoms with van der Waals surface area (Å²) in [5.41, 5.74) is 2.41. The molecule has 0 amide bonds. The van der Waals surface area contributed by atoms with Crippen molar-refractivity contribution in [3.8, 4) is 5.75 Å². The molecule has 2 heterocycles. The molecule has 26 heavy (non-hydrogen) atoms. The Hall–Kier alpha value is -3.28. The standard InChI is InChI=1S/C20H19NO5/c1-13-9-18(14(2)21(13)11-17-7-4-8-25-17)19(23)12-26-20(24)15-5-3-6-16(22)10-15/h3-10,22H,11-12H2,1-2H3. The first-order chi connectivity index (χ1) is 12.5. The first kappa shape index (κ1) is 17.5. The van der Waals surface area contributed by atoms with E-state index in [0.29, 0.717) is 12.1 Å². The molecule has 0 saturated heterocycles. The average Bonchev–Trinajstić information content (AvgIpc) is 3.23. The molecule has 6 heteroatoms. The van der Waals surface area contributed by atoms with Crippen molar-refractivity contribution in [1.82, 2.24) is 4.57 Å². The first-order valence-corrected chi connectivity index (χ1v) is 8.14. The van der Waals surface area contributed by atoms with E-state index in [4.69, 9.17) is 9.15 Å². The second-order valence-corrected chi connectivity index (χ2v) is 6.00. The van der Waals surface area contributed by atoms with Gasteiger partial charge in [-0.15, -0.1) is 0 Å². The minimum absolute atomic E-state index is 0.0350. The number of hydrogen-bond acceptors (Lipinski definition) is 5. The number of ether oxygens (including phenoxy) is 1. The number of aromatic nitrogens is 1. The van der Waals surface area contributed by atoms with E-state index in [0.717, 1.165) is 17.1 Å². The maximum absolute atomic E-state index is 12.5. The summed E-state index contributed by atoms with van der Waals surface area (Å²) >= 11 is 0. The third-order valence-electron chi connectivity index (χ3n) is 4.18. The number of aryl methyl sites for hydroxylation is 1. The molecule has 2 aromatic heterocycles. The zero-order chi connectivity index (χ0) is 18.7. The van der Waals surface area contributed by atoms with Gasteiger partial charge in [-0.3, -0.25) is 4.79 Å². The largest absolute Gasteiger partial charge is 0.508 e. The molecule has 0 saturated carbocycles. The summed E-state index contributed by atoms with van der Waals surface area (Å²) in [5.74, 6) is -0.177. The second-order valence-electron chi connectivity index (χ2n) is 6.00. The van der Waals surface area contributed by atoms with Crippen LogP contribution in [0.1, 0.15) is 37.9 Å². The van der Waals surface area contributed by atoms with Crippen LogP contribution in [0.4, 0.5) is 0 Å². The smallest absolute Gasteiger partial charge is 0.338 e. The van der Waals surface area contributed by atoms with Gasteiger partial charge in [-0.1, -0.05) is 6.07 Å². The molecule has 1 aromatic carbocycles. The molecular weight excluding hydrogens is 334 g/mol. The number of phenolic OH excluding ortho intramolecular Hbond substituents is 1. The third kappa shape index (κ3) is 3.69. The van der Waals surface area contributed by atoms with Crippen molar-refractivity contribution in [3.05, 3.63) is 77.0 Å². The fourth-order valence-corrected chi connectivity index (χ4v) is 2.81. The predicted molar refractivity (Wildman–Crippen MR) is 94.4 cm³/mol. The number of ketones is 1. The number of phenols is 1. The van der Waals surface area contributed by atoms with Crippen molar-refractivity contribution >= 4 is 11.8 Å². The lowest BCUT2D eigenvalue weighted by atomic mass is 10.1. The number of rotatable bonds is 6. The normalized spacial score (nSPS) is 10.7. The fraction of sp³-hybridized carbons (Fsp3) is 0.200.